The summed E-state index contributed by atoms with van der Waals surface area (Å²) < 4.78 is 5.61. The second kappa shape index (κ2) is 8.34. The number of para-hydroxylation sites is 1. The minimum absolute atomic E-state index is 0.442. The predicted molar refractivity (Wildman–Crippen MR) is 94.4 cm³/mol. The molecule has 2 heterocycles. The molecule has 0 fully saturated rings. The van der Waals surface area contributed by atoms with Crippen molar-refractivity contribution < 1.29 is 9.53 Å². The third-order valence-electron chi connectivity index (χ3n) is 4.14. The summed E-state index contributed by atoms with van der Waals surface area (Å²) in [6.07, 6.45) is 7.93. The average Bonchev–Trinajstić information content (AvgIpc) is 3.13. The van der Waals surface area contributed by atoms with Crippen LogP contribution in [0.25, 0.3) is 0 Å². The molecule has 1 aromatic carbocycles. The first-order valence-electron chi connectivity index (χ1n) is 8.52. The van der Waals surface area contributed by atoms with Crippen molar-refractivity contribution >= 4 is 18.0 Å². The highest BCUT2D eigenvalue weighted by Gasteiger charge is 2.22. The van der Waals surface area contributed by atoms with Crippen molar-refractivity contribution in [1.29, 1.82) is 0 Å². The molecule has 0 aliphatic carbocycles. The summed E-state index contributed by atoms with van der Waals surface area (Å²) in [6.45, 7) is 0.801. The summed E-state index contributed by atoms with van der Waals surface area (Å²) in [4.78, 5) is 18.9. The highest BCUT2D eigenvalue weighted by molar-refractivity contribution is 5.83. The Kier molecular flexibility index (Phi) is 5.66. The quantitative estimate of drug-likeness (QED) is 0.575. The minimum Gasteiger partial charge on any atom is -0.449 e. The topological polar surface area (TPSA) is 66.5 Å². The zero-order valence-electron chi connectivity index (χ0n) is 13.7. The van der Waals surface area contributed by atoms with E-state index in [1.165, 1.54) is 18.5 Å². The number of carbonyl (C=O) groups excluding carboxylic acids is 1. The van der Waals surface area contributed by atoms with Gasteiger partial charge in [-0.25, -0.2) is 0 Å². The zero-order chi connectivity index (χ0) is 16.6. The van der Waals surface area contributed by atoms with Crippen molar-refractivity contribution in [2.45, 2.75) is 38.2 Å². The number of fused-ring (bicyclic) bond motifs is 1. The Morgan fingerprint density at radius 3 is 2.83 bits per heavy atom. The average molecular weight is 325 g/mol. The number of carbonyl (C=O) groups is 1. The first-order valence-corrected chi connectivity index (χ1v) is 8.52. The molecule has 3 rings (SSSR count). The van der Waals surface area contributed by atoms with Gasteiger partial charge in [-0.15, -0.1) is 0 Å². The van der Waals surface area contributed by atoms with Gasteiger partial charge in [0.2, 0.25) is 0 Å². The van der Waals surface area contributed by atoms with Crippen LogP contribution in [-0.4, -0.2) is 23.8 Å². The summed E-state index contributed by atoms with van der Waals surface area (Å²) in [7, 11) is 0. The second-order valence-electron chi connectivity index (χ2n) is 5.94. The maximum Gasteiger partial charge on any atom is 0.290 e. The SMILES string of the molecule is O=CC1OC(NCCCCCCc2ccc[nH]2)=Nc2ccccc21. The van der Waals surface area contributed by atoms with Gasteiger partial charge in [-0.2, -0.15) is 4.99 Å². The Hall–Kier alpha value is -2.56. The Morgan fingerprint density at radius 1 is 1.12 bits per heavy atom. The Morgan fingerprint density at radius 2 is 2.00 bits per heavy atom. The fourth-order valence-corrected chi connectivity index (χ4v) is 2.84. The number of aliphatic imine (C=N–C) groups is 1. The lowest BCUT2D eigenvalue weighted by atomic mass is 10.1. The molecule has 1 unspecified atom stereocenters. The lowest BCUT2D eigenvalue weighted by Crippen LogP contribution is -2.31. The van der Waals surface area contributed by atoms with Crippen molar-refractivity contribution in [3.63, 3.8) is 0 Å². The van der Waals surface area contributed by atoms with Gasteiger partial charge in [0.05, 0.1) is 5.69 Å². The number of hydrogen-bond acceptors (Lipinski definition) is 4. The molecule has 0 saturated heterocycles. The highest BCUT2D eigenvalue weighted by Crippen LogP contribution is 2.30. The Bertz CT molecular complexity index is 680. The lowest BCUT2D eigenvalue weighted by molar-refractivity contribution is -0.114. The van der Waals surface area contributed by atoms with Gasteiger partial charge in [0.25, 0.3) is 6.02 Å². The molecule has 2 aromatic rings. The fourth-order valence-electron chi connectivity index (χ4n) is 2.84. The summed E-state index contributed by atoms with van der Waals surface area (Å²) in [5.41, 5.74) is 2.92. The number of nitrogens with one attached hydrogen (secondary N) is 2. The molecule has 0 saturated carbocycles. The predicted octanol–water partition coefficient (Wildman–Crippen LogP) is 3.67. The third kappa shape index (κ3) is 4.25. The number of rotatable bonds is 8. The van der Waals surface area contributed by atoms with Crippen LogP contribution in [0.3, 0.4) is 0 Å². The van der Waals surface area contributed by atoms with Crippen LogP contribution >= 0.6 is 0 Å². The van der Waals surface area contributed by atoms with Gasteiger partial charge in [0.1, 0.15) is 0 Å². The maximum absolute atomic E-state index is 11.2. The van der Waals surface area contributed by atoms with E-state index in [1.807, 2.05) is 36.5 Å². The molecule has 0 spiro atoms. The van der Waals surface area contributed by atoms with Crippen LogP contribution in [0.1, 0.15) is 43.0 Å². The van der Waals surface area contributed by atoms with Crippen LogP contribution in [0.15, 0.2) is 47.6 Å². The van der Waals surface area contributed by atoms with Crippen molar-refractivity contribution in [3.8, 4) is 0 Å². The van der Waals surface area contributed by atoms with E-state index >= 15 is 0 Å². The van der Waals surface area contributed by atoms with Crippen LogP contribution in [-0.2, 0) is 16.0 Å². The largest absolute Gasteiger partial charge is 0.449 e. The Balaban J connectivity index is 1.38. The molecular formula is C19H23N3O2. The summed E-state index contributed by atoms with van der Waals surface area (Å²) in [5.74, 6) is 0. The van der Waals surface area contributed by atoms with E-state index in [9.17, 15) is 4.79 Å². The molecule has 2 N–H and O–H groups in total. The molecule has 1 aliphatic rings. The second-order valence-corrected chi connectivity index (χ2v) is 5.94. The number of aryl methyl sites for hydroxylation is 1. The van der Waals surface area contributed by atoms with Crippen LogP contribution in [0.5, 0.6) is 0 Å². The van der Waals surface area contributed by atoms with Gasteiger partial charge in [-0.05, 0) is 37.5 Å². The molecule has 1 aromatic heterocycles. The minimum atomic E-state index is -0.568. The van der Waals surface area contributed by atoms with Crippen molar-refractivity contribution in [1.82, 2.24) is 10.3 Å². The van der Waals surface area contributed by atoms with Crippen LogP contribution < -0.4 is 5.32 Å². The van der Waals surface area contributed by atoms with Gasteiger partial charge in [-0.3, -0.25) is 4.79 Å². The number of unbranched alkanes of at least 4 members (excludes halogenated alkanes) is 3. The first kappa shape index (κ1) is 16.3. The molecular weight excluding hydrogens is 302 g/mol. The van der Waals surface area contributed by atoms with Gasteiger partial charge in [-0.1, -0.05) is 31.0 Å². The Labute approximate surface area is 142 Å². The van der Waals surface area contributed by atoms with E-state index < -0.39 is 6.10 Å². The van der Waals surface area contributed by atoms with Crippen molar-refractivity contribution in [2.24, 2.45) is 4.99 Å². The number of aldehydes is 1. The fraction of sp³-hybridized carbons (Fsp3) is 0.368. The van der Waals surface area contributed by atoms with Crippen LogP contribution in [0.2, 0.25) is 0 Å². The van der Waals surface area contributed by atoms with Gasteiger partial charge < -0.3 is 15.0 Å². The lowest BCUT2D eigenvalue weighted by Gasteiger charge is -2.22. The summed E-state index contributed by atoms with van der Waals surface area (Å²) >= 11 is 0. The normalized spacial score (nSPS) is 16.0. The molecule has 5 nitrogen and oxygen atoms in total. The number of nitrogens with zero attached hydrogens (tertiary/aromatic N) is 1. The molecule has 0 radical (unpaired) electrons. The van der Waals surface area contributed by atoms with Crippen LogP contribution in [0.4, 0.5) is 5.69 Å². The molecule has 1 aliphatic heterocycles. The molecule has 0 amide bonds. The van der Waals surface area contributed by atoms with Crippen LogP contribution in [0, 0.1) is 0 Å². The van der Waals surface area contributed by atoms with Crippen molar-refractivity contribution in [2.75, 3.05) is 6.54 Å². The van der Waals surface area contributed by atoms with Gasteiger partial charge in [0, 0.05) is 24.0 Å². The third-order valence-corrected chi connectivity index (χ3v) is 4.14. The van der Waals surface area contributed by atoms with E-state index in [0.29, 0.717) is 6.02 Å². The van der Waals surface area contributed by atoms with E-state index in [2.05, 4.69) is 21.4 Å². The number of aromatic nitrogens is 1. The monoisotopic (exact) mass is 325 g/mol. The van der Waals surface area contributed by atoms with E-state index in [4.69, 9.17) is 4.74 Å². The first-order chi connectivity index (χ1) is 11.9. The number of H-pyrrole nitrogens is 1. The number of ether oxygens (including phenoxy) is 1. The van der Waals surface area contributed by atoms with E-state index in [1.54, 1.807) is 0 Å². The maximum atomic E-state index is 11.2. The smallest absolute Gasteiger partial charge is 0.290 e. The van der Waals surface area contributed by atoms with Gasteiger partial charge >= 0.3 is 0 Å². The zero-order valence-corrected chi connectivity index (χ0v) is 13.7. The standard InChI is InChI=1S/C19H23N3O2/c23-14-18-16-10-4-5-11-17(16)22-19(24-18)21-12-6-2-1-3-8-15-9-7-13-20-15/h4-5,7,9-11,13-14,18,20H,1-3,6,8,12H2,(H,21,22). The molecule has 5 heteroatoms. The van der Waals surface area contributed by atoms with Gasteiger partial charge in [0.15, 0.2) is 12.4 Å². The number of aromatic amines is 1. The molecule has 126 valence electrons. The molecule has 24 heavy (non-hydrogen) atoms. The van der Waals surface area contributed by atoms with E-state index in [0.717, 1.165) is 43.3 Å². The molecule has 0 bridgehead atoms. The summed E-state index contributed by atoms with van der Waals surface area (Å²) in [5, 5.41) is 3.19. The summed E-state index contributed by atoms with van der Waals surface area (Å²) in [6, 6.07) is 12.2. The number of hydrogen-bond donors (Lipinski definition) is 2. The molecule has 1 atom stereocenters. The van der Waals surface area contributed by atoms with Crippen molar-refractivity contribution in [3.05, 3.63) is 53.9 Å². The number of amidine groups is 1. The number of benzene rings is 1. The van der Waals surface area contributed by atoms with E-state index in [-0.39, 0.29) is 0 Å². The highest BCUT2D eigenvalue weighted by atomic mass is 16.5.